The van der Waals surface area contributed by atoms with Crippen molar-refractivity contribution in [1.29, 1.82) is 0 Å². The van der Waals surface area contributed by atoms with Gasteiger partial charge in [-0.3, -0.25) is 0 Å². The fourth-order valence-corrected chi connectivity index (χ4v) is 1.69. The predicted molar refractivity (Wildman–Crippen MR) is 76.4 cm³/mol. The summed E-state index contributed by atoms with van der Waals surface area (Å²) in [5, 5.41) is 7.03. The van der Waals surface area contributed by atoms with Crippen LogP contribution in [0.1, 0.15) is 19.7 Å². The largest absolute Gasteiger partial charge is 0.379 e. The van der Waals surface area contributed by atoms with E-state index in [0.717, 1.165) is 18.0 Å². The Hall–Kier alpha value is -1.95. The van der Waals surface area contributed by atoms with Crippen LogP contribution in [-0.2, 0) is 4.74 Å². The smallest absolute Gasteiger partial charge is 0.261 e. The van der Waals surface area contributed by atoms with Crippen molar-refractivity contribution in [3.05, 3.63) is 24.2 Å². The number of aromatic nitrogens is 3. The Kier molecular flexibility index (Phi) is 5.06. The standard InChI is InChI=1S/C14H20N4O2/c1-10(2)9-19-8-7-16-13-12(5-4-6-15-13)14-17-11(3)18-20-14/h4-6,10H,7-9H2,1-3H3,(H,15,16). The number of anilines is 1. The third-order valence-electron chi connectivity index (χ3n) is 2.56. The minimum Gasteiger partial charge on any atom is -0.379 e. The first-order valence-electron chi connectivity index (χ1n) is 6.74. The molecule has 2 aromatic heterocycles. The fourth-order valence-electron chi connectivity index (χ4n) is 1.69. The van der Waals surface area contributed by atoms with E-state index < -0.39 is 0 Å². The van der Waals surface area contributed by atoms with Crippen molar-refractivity contribution in [1.82, 2.24) is 15.1 Å². The molecule has 0 unspecified atom stereocenters. The Balaban J connectivity index is 1.95. The van der Waals surface area contributed by atoms with E-state index in [1.807, 2.05) is 12.1 Å². The molecule has 108 valence electrons. The second kappa shape index (κ2) is 7.00. The molecule has 0 saturated carbocycles. The lowest BCUT2D eigenvalue weighted by atomic mass is 10.2. The van der Waals surface area contributed by atoms with E-state index in [4.69, 9.17) is 9.26 Å². The average molecular weight is 276 g/mol. The Bertz CT molecular complexity index is 539. The third kappa shape index (κ3) is 4.03. The molecular formula is C14H20N4O2. The summed E-state index contributed by atoms with van der Waals surface area (Å²) < 4.78 is 10.7. The lowest BCUT2D eigenvalue weighted by molar-refractivity contribution is 0.118. The normalized spacial score (nSPS) is 11.0. The van der Waals surface area contributed by atoms with E-state index in [-0.39, 0.29) is 0 Å². The summed E-state index contributed by atoms with van der Waals surface area (Å²) in [6, 6.07) is 3.74. The van der Waals surface area contributed by atoms with E-state index in [1.165, 1.54) is 0 Å². The molecule has 1 N–H and O–H groups in total. The van der Waals surface area contributed by atoms with Crippen LogP contribution in [0, 0.1) is 12.8 Å². The topological polar surface area (TPSA) is 73.1 Å². The van der Waals surface area contributed by atoms with Crippen molar-refractivity contribution in [3.63, 3.8) is 0 Å². The molecule has 2 heterocycles. The molecule has 2 rings (SSSR count). The summed E-state index contributed by atoms with van der Waals surface area (Å²) in [5.41, 5.74) is 0.803. The van der Waals surface area contributed by atoms with Crippen LogP contribution < -0.4 is 5.32 Å². The molecule has 2 aromatic rings. The van der Waals surface area contributed by atoms with E-state index in [1.54, 1.807) is 13.1 Å². The van der Waals surface area contributed by atoms with Gasteiger partial charge in [-0.05, 0) is 25.0 Å². The predicted octanol–water partition coefficient (Wildman–Crippen LogP) is 2.52. The van der Waals surface area contributed by atoms with E-state index in [9.17, 15) is 0 Å². The molecule has 0 atom stereocenters. The second-order valence-corrected chi connectivity index (χ2v) is 4.94. The van der Waals surface area contributed by atoms with Crippen LogP contribution in [0.4, 0.5) is 5.82 Å². The zero-order chi connectivity index (χ0) is 14.4. The summed E-state index contributed by atoms with van der Waals surface area (Å²) in [6.45, 7) is 8.13. The van der Waals surface area contributed by atoms with E-state index in [0.29, 0.717) is 30.8 Å². The van der Waals surface area contributed by atoms with Gasteiger partial charge in [-0.15, -0.1) is 0 Å². The van der Waals surface area contributed by atoms with Gasteiger partial charge in [-0.2, -0.15) is 4.98 Å². The highest BCUT2D eigenvalue weighted by atomic mass is 16.5. The summed E-state index contributed by atoms with van der Waals surface area (Å²) in [4.78, 5) is 8.52. The Morgan fingerprint density at radius 1 is 1.40 bits per heavy atom. The minimum absolute atomic E-state index is 0.473. The average Bonchev–Trinajstić information content (AvgIpc) is 2.85. The van der Waals surface area contributed by atoms with Crippen molar-refractivity contribution >= 4 is 5.82 Å². The number of ether oxygens (including phenoxy) is 1. The van der Waals surface area contributed by atoms with Gasteiger partial charge in [-0.1, -0.05) is 19.0 Å². The number of pyridine rings is 1. The Labute approximate surface area is 118 Å². The summed E-state index contributed by atoms with van der Waals surface area (Å²) in [5.74, 6) is 2.35. The highest BCUT2D eigenvalue weighted by molar-refractivity contribution is 5.68. The summed E-state index contributed by atoms with van der Waals surface area (Å²) in [6.07, 6.45) is 1.73. The van der Waals surface area contributed by atoms with Crippen LogP contribution in [0.15, 0.2) is 22.9 Å². The summed E-state index contributed by atoms with van der Waals surface area (Å²) in [7, 11) is 0. The molecule has 0 saturated heterocycles. The number of hydrogen-bond donors (Lipinski definition) is 1. The lowest BCUT2D eigenvalue weighted by Crippen LogP contribution is -2.13. The molecule has 0 aliphatic rings. The van der Waals surface area contributed by atoms with Crippen molar-refractivity contribution in [3.8, 4) is 11.5 Å². The van der Waals surface area contributed by atoms with Gasteiger partial charge in [0.25, 0.3) is 5.89 Å². The van der Waals surface area contributed by atoms with Gasteiger partial charge in [-0.25, -0.2) is 4.98 Å². The number of nitrogens with one attached hydrogen (secondary N) is 1. The maximum atomic E-state index is 5.52. The van der Waals surface area contributed by atoms with Crippen LogP contribution in [0.25, 0.3) is 11.5 Å². The molecule has 0 aliphatic carbocycles. The molecular weight excluding hydrogens is 256 g/mol. The molecule has 0 bridgehead atoms. The number of hydrogen-bond acceptors (Lipinski definition) is 6. The molecule has 0 amide bonds. The lowest BCUT2D eigenvalue weighted by Gasteiger charge is -2.10. The van der Waals surface area contributed by atoms with Crippen LogP contribution >= 0.6 is 0 Å². The van der Waals surface area contributed by atoms with Crippen molar-refractivity contribution in [2.24, 2.45) is 5.92 Å². The Morgan fingerprint density at radius 3 is 2.95 bits per heavy atom. The van der Waals surface area contributed by atoms with Crippen LogP contribution in [0.2, 0.25) is 0 Å². The zero-order valence-corrected chi connectivity index (χ0v) is 12.1. The monoisotopic (exact) mass is 276 g/mol. The molecule has 0 radical (unpaired) electrons. The summed E-state index contributed by atoms with van der Waals surface area (Å²) >= 11 is 0. The van der Waals surface area contributed by atoms with Gasteiger partial charge < -0.3 is 14.6 Å². The molecule has 0 fully saturated rings. The zero-order valence-electron chi connectivity index (χ0n) is 12.1. The molecule has 6 heteroatoms. The first-order chi connectivity index (χ1) is 9.66. The van der Waals surface area contributed by atoms with Gasteiger partial charge in [0.15, 0.2) is 5.82 Å². The Morgan fingerprint density at radius 2 is 2.25 bits per heavy atom. The van der Waals surface area contributed by atoms with E-state index in [2.05, 4.69) is 34.3 Å². The van der Waals surface area contributed by atoms with Gasteiger partial charge in [0, 0.05) is 19.3 Å². The number of aryl methyl sites for hydroxylation is 1. The van der Waals surface area contributed by atoms with Crippen LogP contribution in [0.3, 0.4) is 0 Å². The van der Waals surface area contributed by atoms with Gasteiger partial charge in [0.2, 0.25) is 0 Å². The number of nitrogens with zero attached hydrogens (tertiary/aromatic N) is 3. The van der Waals surface area contributed by atoms with Crippen molar-refractivity contribution in [2.45, 2.75) is 20.8 Å². The molecule has 0 aromatic carbocycles. The quantitative estimate of drug-likeness (QED) is 0.783. The van der Waals surface area contributed by atoms with Gasteiger partial charge >= 0.3 is 0 Å². The van der Waals surface area contributed by atoms with Crippen molar-refractivity contribution in [2.75, 3.05) is 25.1 Å². The highest BCUT2D eigenvalue weighted by Crippen LogP contribution is 2.23. The highest BCUT2D eigenvalue weighted by Gasteiger charge is 2.11. The third-order valence-corrected chi connectivity index (χ3v) is 2.56. The van der Waals surface area contributed by atoms with Crippen LogP contribution in [0.5, 0.6) is 0 Å². The van der Waals surface area contributed by atoms with E-state index >= 15 is 0 Å². The maximum Gasteiger partial charge on any atom is 0.261 e. The second-order valence-electron chi connectivity index (χ2n) is 4.94. The first kappa shape index (κ1) is 14.5. The molecule has 0 aliphatic heterocycles. The number of rotatable bonds is 7. The fraction of sp³-hybridized carbons (Fsp3) is 0.500. The van der Waals surface area contributed by atoms with Crippen molar-refractivity contribution < 1.29 is 9.26 Å². The molecule has 6 nitrogen and oxygen atoms in total. The first-order valence-corrected chi connectivity index (χ1v) is 6.74. The molecule has 0 spiro atoms. The minimum atomic E-state index is 0.473. The maximum absolute atomic E-state index is 5.52. The molecule has 20 heavy (non-hydrogen) atoms. The van der Waals surface area contributed by atoms with Gasteiger partial charge in [0.05, 0.1) is 12.2 Å². The SMILES string of the molecule is Cc1noc(-c2cccnc2NCCOCC(C)C)n1. The van der Waals surface area contributed by atoms with Crippen LogP contribution in [-0.4, -0.2) is 34.9 Å². The van der Waals surface area contributed by atoms with Gasteiger partial charge in [0.1, 0.15) is 5.82 Å².